The molecule has 0 saturated carbocycles. The van der Waals surface area contributed by atoms with Gasteiger partial charge in [-0.1, -0.05) is 55.5 Å². The highest BCUT2D eigenvalue weighted by molar-refractivity contribution is 5.80. The van der Waals surface area contributed by atoms with E-state index in [0.717, 1.165) is 34.5 Å². The summed E-state index contributed by atoms with van der Waals surface area (Å²) in [4.78, 5) is 31.4. The van der Waals surface area contributed by atoms with Gasteiger partial charge in [0.25, 0.3) is 5.56 Å². The quantitative estimate of drug-likeness (QED) is 0.320. The van der Waals surface area contributed by atoms with Crippen LogP contribution in [0.3, 0.4) is 0 Å². The Morgan fingerprint density at radius 1 is 1.00 bits per heavy atom. The molecule has 196 valence electrons. The molecule has 1 N–H and O–H groups in total. The molecule has 0 amide bonds. The summed E-state index contributed by atoms with van der Waals surface area (Å²) in [7, 11) is 1.53. The highest BCUT2D eigenvalue weighted by Crippen LogP contribution is 2.30. The van der Waals surface area contributed by atoms with Gasteiger partial charge in [-0.15, -0.1) is 5.10 Å². The Labute approximate surface area is 218 Å². The number of hydrogen-bond acceptors (Lipinski definition) is 7. The molecule has 5 rings (SSSR count). The van der Waals surface area contributed by atoms with E-state index in [1.54, 1.807) is 13.8 Å². The summed E-state index contributed by atoms with van der Waals surface area (Å²) in [5, 5.41) is 14.3. The molecule has 0 fully saturated rings. The molecule has 1 unspecified atom stereocenters. The molecule has 5 aromatic rings. The fourth-order valence-corrected chi connectivity index (χ4v) is 4.78. The van der Waals surface area contributed by atoms with Crippen LogP contribution in [0.15, 0.2) is 58.1 Å². The van der Waals surface area contributed by atoms with Crippen molar-refractivity contribution in [3.05, 3.63) is 80.8 Å². The zero-order chi connectivity index (χ0) is 26.8. The smallest absolute Gasteiger partial charge is 0.334 e. The highest BCUT2D eigenvalue weighted by atomic mass is 16.5. The van der Waals surface area contributed by atoms with Gasteiger partial charge in [0.05, 0.1) is 0 Å². The number of imidazole rings is 1. The number of nitrogens with one attached hydrogen (secondary N) is 1. The van der Waals surface area contributed by atoms with Gasteiger partial charge in [0.1, 0.15) is 12.1 Å². The zero-order valence-corrected chi connectivity index (χ0v) is 21.9. The molecule has 11 nitrogen and oxygen atoms in total. The van der Waals surface area contributed by atoms with Crippen LogP contribution in [0.1, 0.15) is 44.8 Å². The first-order valence-electron chi connectivity index (χ1n) is 12.7. The second kappa shape index (κ2) is 10.5. The first-order valence-corrected chi connectivity index (χ1v) is 12.7. The van der Waals surface area contributed by atoms with Crippen LogP contribution in [0.25, 0.3) is 33.7 Å². The van der Waals surface area contributed by atoms with Crippen LogP contribution in [-0.2, 0) is 24.2 Å². The molecule has 0 saturated heterocycles. The first-order chi connectivity index (χ1) is 18.5. The van der Waals surface area contributed by atoms with E-state index in [1.807, 2.05) is 53.1 Å². The predicted molar refractivity (Wildman–Crippen MR) is 144 cm³/mol. The van der Waals surface area contributed by atoms with Gasteiger partial charge in [-0.25, -0.2) is 19.4 Å². The molecule has 2 aromatic carbocycles. The number of aromatic amines is 1. The van der Waals surface area contributed by atoms with Crippen molar-refractivity contribution in [2.24, 2.45) is 0 Å². The number of methoxy groups -OCH3 is 1. The Balaban J connectivity index is 1.60. The molecule has 1 atom stereocenters. The van der Waals surface area contributed by atoms with Crippen LogP contribution in [0, 0.1) is 0 Å². The van der Waals surface area contributed by atoms with Crippen molar-refractivity contribution >= 4 is 11.2 Å². The normalized spacial score (nSPS) is 12.3. The molecule has 0 aliphatic carbocycles. The van der Waals surface area contributed by atoms with Crippen LogP contribution < -0.4 is 11.2 Å². The lowest BCUT2D eigenvalue weighted by atomic mass is 9.98. The highest BCUT2D eigenvalue weighted by Gasteiger charge is 2.23. The van der Waals surface area contributed by atoms with Gasteiger partial charge >= 0.3 is 5.69 Å². The molecule has 0 radical (unpaired) electrons. The minimum absolute atomic E-state index is 0.257. The average molecular weight is 515 g/mol. The summed E-state index contributed by atoms with van der Waals surface area (Å²) in [5.41, 5.74) is 3.93. The minimum atomic E-state index is -0.569. The summed E-state index contributed by atoms with van der Waals surface area (Å²) >= 11 is 0. The molecular weight excluding hydrogens is 484 g/mol. The van der Waals surface area contributed by atoms with Crippen molar-refractivity contribution in [1.82, 2.24) is 39.3 Å². The number of nitrogens with zero attached hydrogens (tertiary/aromatic N) is 7. The van der Waals surface area contributed by atoms with Crippen LogP contribution in [0.2, 0.25) is 0 Å². The summed E-state index contributed by atoms with van der Waals surface area (Å²) in [5.74, 6) is 1.36. The molecule has 11 heteroatoms. The molecule has 3 aromatic heterocycles. The summed E-state index contributed by atoms with van der Waals surface area (Å²) < 4.78 is 10.1. The minimum Gasteiger partial charge on any atom is -0.361 e. The number of hydrogen-bond donors (Lipinski definition) is 1. The van der Waals surface area contributed by atoms with Crippen molar-refractivity contribution in [1.29, 1.82) is 0 Å². The molecule has 0 aliphatic rings. The molecular formula is C27H30N8O3. The fraction of sp³-hybridized carbons (Fsp3) is 0.333. The SMILES string of the molecule is CCCc1nc2c(c(=O)n(CC)c(=O)n2C(C)OC)n1Cc1ccc(-c2ccccc2-c2nnn[nH]2)cc1. The van der Waals surface area contributed by atoms with E-state index >= 15 is 0 Å². The van der Waals surface area contributed by atoms with Crippen molar-refractivity contribution in [3.8, 4) is 22.5 Å². The number of tetrazole rings is 1. The van der Waals surface area contributed by atoms with Gasteiger partial charge in [0.2, 0.25) is 0 Å². The van der Waals surface area contributed by atoms with Gasteiger partial charge in [-0.2, -0.15) is 0 Å². The van der Waals surface area contributed by atoms with E-state index in [2.05, 4.69) is 27.5 Å². The third kappa shape index (κ3) is 4.34. The van der Waals surface area contributed by atoms with E-state index in [4.69, 9.17) is 9.72 Å². The Kier molecular flexibility index (Phi) is 7.01. The molecule has 0 aliphatic heterocycles. The predicted octanol–water partition coefficient (Wildman–Crippen LogP) is 3.39. The van der Waals surface area contributed by atoms with Gasteiger partial charge in [0, 0.05) is 32.2 Å². The molecule has 0 bridgehead atoms. The zero-order valence-electron chi connectivity index (χ0n) is 21.9. The summed E-state index contributed by atoms with van der Waals surface area (Å²) in [6, 6.07) is 16.1. The molecule has 0 spiro atoms. The third-order valence-electron chi connectivity index (χ3n) is 6.77. The first kappa shape index (κ1) is 25.3. The lowest BCUT2D eigenvalue weighted by molar-refractivity contribution is 0.0586. The fourth-order valence-electron chi connectivity index (χ4n) is 4.78. The second-order valence-corrected chi connectivity index (χ2v) is 9.07. The van der Waals surface area contributed by atoms with Gasteiger partial charge < -0.3 is 9.30 Å². The maximum Gasteiger partial charge on any atom is 0.334 e. The van der Waals surface area contributed by atoms with E-state index in [9.17, 15) is 9.59 Å². The average Bonchev–Trinajstić information content (AvgIpc) is 3.59. The van der Waals surface area contributed by atoms with E-state index in [1.165, 1.54) is 16.2 Å². The number of aryl methyl sites for hydroxylation is 1. The van der Waals surface area contributed by atoms with Crippen LogP contribution in [0.5, 0.6) is 0 Å². The Morgan fingerprint density at radius 2 is 1.74 bits per heavy atom. The lowest BCUT2D eigenvalue weighted by Gasteiger charge is -2.16. The topological polar surface area (TPSA) is 126 Å². The number of benzene rings is 2. The molecule has 3 heterocycles. The number of rotatable bonds is 9. The van der Waals surface area contributed by atoms with Crippen molar-refractivity contribution in [3.63, 3.8) is 0 Å². The van der Waals surface area contributed by atoms with Crippen LogP contribution in [0.4, 0.5) is 0 Å². The van der Waals surface area contributed by atoms with Crippen molar-refractivity contribution in [2.75, 3.05) is 7.11 Å². The number of aromatic nitrogens is 8. The van der Waals surface area contributed by atoms with Gasteiger partial charge in [-0.3, -0.25) is 9.36 Å². The summed E-state index contributed by atoms with van der Waals surface area (Å²) in [6.45, 7) is 6.32. The van der Waals surface area contributed by atoms with E-state index < -0.39 is 11.9 Å². The Bertz CT molecular complexity index is 1680. The van der Waals surface area contributed by atoms with E-state index in [-0.39, 0.29) is 12.1 Å². The van der Waals surface area contributed by atoms with Gasteiger partial charge in [0.15, 0.2) is 17.0 Å². The maximum absolute atomic E-state index is 13.5. The lowest BCUT2D eigenvalue weighted by Crippen LogP contribution is -2.41. The van der Waals surface area contributed by atoms with Crippen LogP contribution in [-0.4, -0.2) is 46.4 Å². The summed E-state index contributed by atoms with van der Waals surface area (Å²) in [6.07, 6.45) is 0.953. The largest absolute Gasteiger partial charge is 0.361 e. The maximum atomic E-state index is 13.5. The standard InChI is InChI=1S/C27H30N8O3/c1-5-9-22-28-25-23(26(36)33(6-2)27(37)35(25)17(3)38-4)34(22)16-18-12-14-19(15-13-18)20-10-7-8-11-21(20)24-29-31-32-30-24/h7-8,10-15,17H,5-6,9,16H2,1-4H3,(H,29,30,31,32). The monoisotopic (exact) mass is 514 g/mol. The van der Waals surface area contributed by atoms with Crippen LogP contribution >= 0.6 is 0 Å². The van der Waals surface area contributed by atoms with Crippen molar-refractivity contribution in [2.45, 2.75) is 52.9 Å². The number of fused-ring (bicyclic) bond motifs is 1. The number of H-pyrrole nitrogens is 1. The van der Waals surface area contributed by atoms with Gasteiger partial charge in [-0.05, 0) is 47.4 Å². The molecule has 38 heavy (non-hydrogen) atoms. The number of ether oxygens (including phenoxy) is 1. The van der Waals surface area contributed by atoms with E-state index in [0.29, 0.717) is 30.0 Å². The Hall–Kier alpha value is -4.38. The Morgan fingerprint density at radius 3 is 2.37 bits per heavy atom. The second-order valence-electron chi connectivity index (χ2n) is 9.07. The third-order valence-corrected chi connectivity index (χ3v) is 6.77. The van der Waals surface area contributed by atoms with Crippen molar-refractivity contribution < 1.29 is 4.74 Å².